The summed E-state index contributed by atoms with van der Waals surface area (Å²) in [5.74, 6) is 0.124. The van der Waals surface area contributed by atoms with Crippen molar-refractivity contribution in [2.24, 2.45) is 7.05 Å². The van der Waals surface area contributed by atoms with E-state index in [1.807, 2.05) is 47.0 Å². The quantitative estimate of drug-likeness (QED) is 0.916. The Bertz CT molecular complexity index is 746. The lowest BCUT2D eigenvalue weighted by atomic mass is 10.1. The maximum Gasteiger partial charge on any atom is 0.254 e. The number of nitrogens with zero attached hydrogens (tertiary/aromatic N) is 3. The fourth-order valence-corrected chi connectivity index (χ4v) is 4.26. The first-order valence-electron chi connectivity index (χ1n) is 8.90. The molecule has 24 heavy (non-hydrogen) atoms. The minimum absolute atomic E-state index is 0.124. The highest BCUT2D eigenvalue weighted by molar-refractivity contribution is 6.06. The monoisotopic (exact) mass is 327 g/mol. The molecule has 4 rings (SSSR count). The first kappa shape index (κ1) is 15.7. The molecular formula is C19H25N3O2. The Balaban J connectivity index is 1.48. The van der Waals surface area contributed by atoms with Crippen LogP contribution in [-0.4, -0.2) is 63.7 Å². The van der Waals surface area contributed by atoms with Gasteiger partial charge in [0, 0.05) is 61.9 Å². The summed E-state index contributed by atoms with van der Waals surface area (Å²) in [4.78, 5) is 17.3. The number of amides is 1. The van der Waals surface area contributed by atoms with Gasteiger partial charge in [0.05, 0.1) is 6.10 Å². The summed E-state index contributed by atoms with van der Waals surface area (Å²) in [6, 6.07) is 8.25. The van der Waals surface area contributed by atoms with Crippen molar-refractivity contribution in [3.8, 4) is 0 Å². The van der Waals surface area contributed by atoms with Crippen molar-refractivity contribution in [3.63, 3.8) is 0 Å². The first-order valence-corrected chi connectivity index (χ1v) is 8.90. The number of hydrogen-bond donors (Lipinski definition) is 1. The van der Waals surface area contributed by atoms with E-state index < -0.39 is 0 Å². The van der Waals surface area contributed by atoms with E-state index in [0.29, 0.717) is 6.04 Å². The maximum absolute atomic E-state index is 13.0. The Morgan fingerprint density at radius 3 is 2.62 bits per heavy atom. The Morgan fingerprint density at radius 2 is 1.92 bits per heavy atom. The molecule has 2 heterocycles. The molecule has 2 atom stereocenters. The molecule has 2 aromatic rings. The van der Waals surface area contributed by atoms with Gasteiger partial charge in [0.2, 0.25) is 0 Å². The van der Waals surface area contributed by atoms with Crippen LogP contribution < -0.4 is 0 Å². The first-order chi connectivity index (χ1) is 11.6. The minimum Gasteiger partial charge on any atom is -0.391 e. The largest absolute Gasteiger partial charge is 0.391 e. The summed E-state index contributed by atoms with van der Waals surface area (Å²) in [6.07, 6.45) is 4.92. The number of aryl methyl sites for hydroxylation is 1. The van der Waals surface area contributed by atoms with Crippen molar-refractivity contribution in [3.05, 3.63) is 36.0 Å². The van der Waals surface area contributed by atoms with Crippen LogP contribution in [-0.2, 0) is 7.05 Å². The van der Waals surface area contributed by atoms with Crippen LogP contribution in [0.4, 0.5) is 0 Å². The average Bonchev–Trinajstić information content (AvgIpc) is 3.20. The molecule has 5 nitrogen and oxygen atoms in total. The van der Waals surface area contributed by atoms with Gasteiger partial charge in [0.1, 0.15) is 0 Å². The van der Waals surface area contributed by atoms with Gasteiger partial charge >= 0.3 is 0 Å². The van der Waals surface area contributed by atoms with Crippen molar-refractivity contribution in [1.82, 2.24) is 14.4 Å². The van der Waals surface area contributed by atoms with Gasteiger partial charge in [-0.05, 0) is 37.5 Å². The van der Waals surface area contributed by atoms with Crippen LogP contribution in [0, 0.1) is 0 Å². The van der Waals surface area contributed by atoms with Crippen molar-refractivity contribution in [2.45, 2.75) is 31.4 Å². The van der Waals surface area contributed by atoms with E-state index in [2.05, 4.69) is 4.90 Å². The molecule has 0 unspecified atom stereocenters. The Kier molecular flexibility index (Phi) is 4.06. The fourth-order valence-electron chi connectivity index (χ4n) is 4.26. The van der Waals surface area contributed by atoms with Crippen LogP contribution >= 0.6 is 0 Å². The normalized spacial score (nSPS) is 25.5. The van der Waals surface area contributed by atoms with Crippen LogP contribution in [0.1, 0.15) is 29.6 Å². The molecule has 1 aliphatic heterocycles. The molecule has 0 spiro atoms. The summed E-state index contributed by atoms with van der Waals surface area (Å²) in [5, 5.41) is 11.1. The highest BCUT2D eigenvalue weighted by Gasteiger charge is 2.33. The fraction of sp³-hybridized carbons (Fsp3) is 0.526. The zero-order chi connectivity index (χ0) is 16.7. The van der Waals surface area contributed by atoms with Crippen LogP contribution in [0.15, 0.2) is 30.5 Å². The molecular weight excluding hydrogens is 302 g/mol. The number of benzene rings is 1. The van der Waals surface area contributed by atoms with Gasteiger partial charge < -0.3 is 14.6 Å². The van der Waals surface area contributed by atoms with Gasteiger partial charge in [-0.25, -0.2) is 0 Å². The zero-order valence-corrected chi connectivity index (χ0v) is 14.2. The molecule has 2 aliphatic rings. The van der Waals surface area contributed by atoms with E-state index in [-0.39, 0.29) is 12.0 Å². The lowest BCUT2D eigenvalue weighted by Crippen LogP contribution is -2.53. The van der Waals surface area contributed by atoms with E-state index in [0.717, 1.165) is 61.9 Å². The number of fused-ring (bicyclic) bond motifs is 1. The maximum atomic E-state index is 13.0. The summed E-state index contributed by atoms with van der Waals surface area (Å²) in [5.41, 5.74) is 1.89. The minimum atomic E-state index is -0.190. The summed E-state index contributed by atoms with van der Waals surface area (Å²) in [6.45, 7) is 3.20. The third-order valence-corrected chi connectivity index (χ3v) is 5.67. The van der Waals surface area contributed by atoms with Crippen LogP contribution in [0.3, 0.4) is 0 Å². The van der Waals surface area contributed by atoms with E-state index in [1.54, 1.807) is 0 Å². The summed E-state index contributed by atoms with van der Waals surface area (Å²) >= 11 is 0. The number of piperazine rings is 1. The molecule has 1 aromatic carbocycles. The Hall–Kier alpha value is -1.85. The van der Waals surface area contributed by atoms with Gasteiger partial charge in [-0.3, -0.25) is 9.69 Å². The van der Waals surface area contributed by atoms with E-state index in [9.17, 15) is 9.90 Å². The molecule has 0 radical (unpaired) electrons. The van der Waals surface area contributed by atoms with Gasteiger partial charge in [-0.1, -0.05) is 6.07 Å². The van der Waals surface area contributed by atoms with E-state index >= 15 is 0 Å². The number of aliphatic hydroxyl groups excluding tert-OH is 1. The molecule has 1 saturated heterocycles. The highest BCUT2D eigenvalue weighted by Crippen LogP contribution is 2.26. The molecule has 2 fully saturated rings. The lowest BCUT2D eigenvalue weighted by Gasteiger charge is -2.39. The van der Waals surface area contributed by atoms with Crippen molar-refractivity contribution < 1.29 is 9.90 Å². The molecule has 128 valence electrons. The number of aromatic nitrogens is 1. The summed E-state index contributed by atoms with van der Waals surface area (Å²) in [7, 11) is 2.00. The van der Waals surface area contributed by atoms with Gasteiger partial charge in [0.15, 0.2) is 0 Å². The van der Waals surface area contributed by atoms with Gasteiger partial charge in [-0.15, -0.1) is 0 Å². The Labute approximate surface area is 142 Å². The topological polar surface area (TPSA) is 48.7 Å². The van der Waals surface area contributed by atoms with Crippen molar-refractivity contribution in [1.29, 1.82) is 0 Å². The number of aliphatic hydroxyl groups is 1. The molecule has 5 heteroatoms. The molecule has 1 aromatic heterocycles. The van der Waals surface area contributed by atoms with Crippen LogP contribution in [0.25, 0.3) is 10.9 Å². The second-order valence-corrected chi connectivity index (χ2v) is 7.06. The number of carbonyl (C=O) groups excluding carboxylic acids is 1. The van der Waals surface area contributed by atoms with E-state index in [4.69, 9.17) is 0 Å². The van der Waals surface area contributed by atoms with Crippen molar-refractivity contribution >= 4 is 16.8 Å². The number of rotatable bonds is 2. The van der Waals surface area contributed by atoms with Gasteiger partial charge in [-0.2, -0.15) is 0 Å². The standard InChI is InChI=1S/C19H25N3O2/c1-20-9-8-14-15(4-2-5-16(14)20)19(24)22-12-10-21(11-13-22)17-6-3-7-18(17)23/h2,4-5,8-9,17-18,23H,3,6-7,10-13H2,1H3/t17-,18-/m1/s1. The lowest BCUT2D eigenvalue weighted by molar-refractivity contribution is 0.0316. The second-order valence-electron chi connectivity index (χ2n) is 7.06. The highest BCUT2D eigenvalue weighted by atomic mass is 16.3. The SMILES string of the molecule is Cn1ccc2c(C(=O)N3CCN([C@@H]4CCC[C@H]4O)CC3)cccc21. The molecule has 1 amide bonds. The predicted octanol–water partition coefficient (Wildman–Crippen LogP) is 1.85. The number of carbonyl (C=O) groups is 1. The molecule has 1 saturated carbocycles. The number of hydrogen-bond acceptors (Lipinski definition) is 3. The third kappa shape index (κ3) is 2.62. The summed E-state index contributed by atoms with van der Waals surface area (Å²) < 4.78 is 2.05. The smallest absolute Gasteiger partial charge is 0.254 e. The molecule has 1 N–H and O–H groups in total. The Morgan fingerprint density at radius 1 is 1.12 bits per heavy atom. The molecule has 1 aliphatic carbocycles. The molecule has 0 bridgehead atoms. The predicted molar refractivity (Wildman–Crippen MR) is 94.0 cm³/mol. The zero-order valence-electron chi connectivity index (χ0n) is 14.2. The third-order valence-electron chi connectivity index (χ3n) is 5.67. The van der Waals surface area contributed by atoms with E-state index in [1.165, 1.54) is 0 Å². The van der Waals surface area contributed by atoms with Gasteiger partial charge in [0.25, 0.3) is 5.91 Å². The van der Waals surface area contributed by atoms with Crippen LogP contribution in [0.5, 0.6) is 0 Å². The van der Waals surface area contributed by atoms with Crippen molar-refractivity contribution in [2.75, 3.05) is 26.2 Å². The second kappa shape index (κ2) is 6.22. The van der Waals surface area contributed by atoms with Crippen LogP contribution in [0.2, 0.25) is 0 Å². The average molecular weight is 327 g/mol.